The molecule has 1 aromatic heterocycles. The van der Waals surface area contributed by atoms with Gasteiger partial charge in [-0.1, -0.05) is 12.2 Å². The van der Waals surface area contributed by atoms with Gasteiger partial charge in [0, 0.05) is 5.69 Å². The van der Waals surface area contributed by atoms with Gasteiger partial charge in [0.05, 0.1) is 5.69 Å². The van der Waals surface area contributed by atoms with Crippen molar-refractivity contribution >= 4 is 29.2 Å². The third kappa shape index (κ3) is 3.26. The van der Waals surface area contributed by atoms with Crippen molar-refractivity contribution in [3.05, 3.63) is 17.5 Å². The third-order valence-electron chi connectivity index (χ3n) is 1.19. The molecule has 0 fully saturated rings. The normalized spacial score (nSPS) is 9.00. The average molecular weight is 212 g/mol. The molecule has 1 aromatic rings. The van der Waals surface area contributed by atoms with Gasteiger partial charge in [0.25, 0.3) is 0 Å². The van der Waals surface area contributed by atoms with Crippen molar-refractivity contribution in [3.63, 3.8) is 0 Å². The fourth-order valence-electron chi connectivity index (χ4n) is 0.823. The minimum Gasteiger partial charge on any atom is -1.00 e. The van der Waals surface area contributed by atoms with E-state index in [1.54, 1.807) is 4.68 Å². The van der Waals surface area contributed by atoms with Crippen LogP contribution in [-0.4, -0.2) is 14.1 Å². The molecule has 0 radical (unpaired) electrons. The summed E-state index contributed by atoms with van der Waals surface area (Å²) in [6, 6.07) is 1.96. The first-order valence-corrected chi connectivity index (χ1v) is 3.73. The minimum atomic E-state index is 0. The average Bonchev–Trinajstić information content (AvgIpc) is 2.10. The maximum Gasteiger partial charge on any atom is 1.00 e. The molecule has 56 valence electrons. The molecule has 0 aliphatic rings. The zero-order chi connectivity index (χ0) is 7.72. The topological polar surface area (TPSA) is 17.8 Å². The molecule has 0 unspecified atom stereocenters. The molecule has 0 aliphatic carbocycles. The number of thiol groups is 1. The van der Waals surface area contributed by atoms with Gasteiger partial charge in [-0.05, 0) is 19.9 Å². The van der Waals surface area contributed by atoms with Crippen molar-refractivity contribution < 1.29 is 52.8 Å². The van der Waals surface area contributed by atoms with Crippen LogP contribution in [0.15, 0.2) is 6.07 Å². The van der Waals surface area contributed by atoms with E-state index < -0.39 is 0 Å². The van der Waals surface area contributed by atoms with E-state index in [4.69, 9.17) is 12.2 Å². The zero-order valence-electron chi connectivity index (χ0n) is 7.83. The quantitative estimate of drug-likeness (QED) is 0.327. The maximum absolute atomic E-state index is 4.83. The predicted molar refractivity (Wildman–Crippen MR) is 49.8 cm³/mol. The Hall–Kier alpha value is 1.29. The van der Waals surface area contributed by atoms with Crippen LogP contribution in [0, 0.1) is 13.8 Å². The maximum atomic E-state index is 4.83. The van der Waals surface area contributed by atoms with Gasteiger partial charge in [0.1, 0.15) is 0 Å². The molecule has 5 heteroatoms. The van der Waals surface area contributed by atoms with Crippen molar-refractivity contribution in [2.24, 2.45) is 0 Å². The third-order valence-corrected chi connectivity index (χ3v) is 1.55. The van der Waals surface area contributed by atoms with Crippen molar-refractivity contribution in [3.8, 4) is 0 Å². The van der Waals surface area contributed by atoms with E-state index in [2.05, 4.69) is 17.7 Å². The minimum absolute atomic E-state index is 0. The van der Waals surface area contributed by atoms with Crippen LogP contribution in [-0.2, 0) is 0 Å². The zero-order valence-corrected chi connectivity index (χ0v) is 11.7. The van der Waals surface area contributed by atoms with Crippen molar-refractivity contribution in [2.45, 2.75) is 13.8 Å². The summed E-state index contributed by atoms with van der Waals surface area (Å²) in [6.45, 7) is 3.87. The van der Waals surface area contributed by atoms with Gasteiger partial charge in [-0.3, -0.25) is 0 Å². The van der Waals surface area contributed by atoms with E-state index in [1.165, 1.54) is 0 Å². The van der Waals surface area contributed by atoms with Gasteiger partial charge >= 0.3 is 51.4 Å². The molecule has 0 amide bonds. The predicted octanol–water partition coefficient (Wildman–Crippen LogP) is -1.32. The van der Waals surface area contributed by atoms with Crippen LogP contribution < -0.4 is 51.4 Å². The number of rotatable bonds is 0. The SMILES string of the molecule is Cc1cc(C)n(C(=S)S)n1.[H-].[K+]. The van der Waals surface area contributed by atoms with Crippen LogP contribution in [0.5, 0.6) is 0 Å². The molecule has 11 heavy (non-hydrogen) atoms. The van der Waals surface area contributed by atoms with Crippen LogP contribution in [0.4, 0.5) is 0 Å². The van der Waals surface area contributed by atoms with Crippen LogP contribution in [0.25, 0.3) is 0 Å². The Morgan fingerprint density at radius 1 is 1.73 bits per heavy atom. The summed E-state index contributed by atoms with van der Waals surface area (Å²) in [5, 5.41) is 4.11. The van der Waals surface area contributed by atoms with Crippen LogP contribution in [0.2, 0.25) is 0 Å². The van der Waals surface area contributed by atoms with E-state index in [0.29, 0.717) is 4.32 Å². The van der Waals surface area contributed by atoms with Gasteiger partial charge < -0.3 is 1.43 Å². The number of hydrogen-bond acceptors (Lipinski definition) is 2. The summed E-state index contributed by atoms with van der Waals surface area (Å²) in [4.78, 5) is 0. The fourth-order valence-corrected chi connectivity index (χ4v) is 1.21. The summed E-state index contributed by atoms with van der Waals surface area (Å²) in [5.74, 6) is 0. The number of aryl methyl sites for hydroxylation is 2. The molecular weight excluding hydrogens is 203 g/mol. The molecule has 2 nitrogen and oxygen atoms in total. The summed E-state index contributed by atoms with van der Waals surface area (Å²) < 4.78 is 2.12. The van der Waals surface area contributed by atoms with Crippen LogP contribution in [0.3, 0.4) is 0 Å². The number of aromatic nitrogens is 2. The van der Waals surface area contributed by atoms with Crippen molar-refractivity contribution in [2.75, 3.05) is 0 Å². The Morgan fingerprint density at radius 3 is 2.45 bits per heavy atom. The van der Waals surface area contributed by atoms with Crippen molar-refractivity contribution in [1.29, 1.82) is 0 Å². The summed E-state index contributed by atoms with van der Waals surface area (Å²) in [5.41, 5.74) is 1.99. The van der Waals surface area contributed by atoms with Gasteiger partial charge in [0.15, 0.2) is 4.32 Å². The van der Waals surface area contributed by atoms with Crippen LogP contribution in [0.1, 0.15) is 12.8 Å². The molecule has 0 N–H and O–H groups in total. The summed E-state index contributed by atoms with van der Waals surface area (Å²) >= 11 is 8.83. The Balaban J connectivity index is 0. The Kier molecular flexibility index (Phi) is 5.71. The smallest absolute Gasteiger partial charge is 1.00 e. The Bertz CT molecular complexity index is 275. The number of nitrogens with zero attached hydrogens (tertiary/aromatic N) is 2. The standard InChI is InChI=1S/C6H8N2S2.K.H/c1-4-3-5(2)8(7-4)6(9)10;;/h3H,1-2H3,(H,9,10);;/q;+1;-1. The molecule has 0 bridgehead atoms. The second-order valence-electron chi connectivity index (χ2n) is 2.12. The second kappa shape index (κ2) is 5.11. The molecule has 0 spiro atoms. The van der Waals surface area contributed by atoms with E-state index in [9.17, 15) is 0 Å². The van der Waals surface area contributed by atoms with E-state index in [0.717, 1.165) is 11.4 Å². The van der Waals surface area contributed by atoms with Crippen molar-refractivity contribution in [1.82, 2.24) is 9.78 Å². The molecule has 1 rings (SSSR count). The molecule has 0 aliphatic heterocycles. The second-order valence-corrected chi connectivity index (χ2v) is 3.23. The number of hydrogen-bond donors (Lipinski definition) is 1. The fraction of sp³-hybridized carbons (Fsp3) is 0.333. The molecule has 1 heterocycles. The first kappa shape index (κ1) is 12.3. The summed E-state index contributed by atoms with van der Waals surface area (Å²) in [7, 11) is 0. The molecule has 0 saturated carbocycles. The Morgan fingerprint density at radius 2 is 2.27 bits per heavy atom. The Labute approximate surface area is 121 Å². The first-order chi connectivity index (χ1) is 4.61. The van der Waals surface area contributed by atoms with Crippen LogP contribution >= 0.6 is 24.8 Å². The van der Waals surface area contributed by atoms with Gasteiger partial charge in [-0.15, -0.1) is 12.6 Å². The van der Waals surface area contributed by atoms with E-state index in [1.807, 2.05) is 19.9 Å². The largest absolute Gasteiger partial charge is 1.00 e. The molecule has 0 saturated heterocycles. The van der Waals surface area contributed by atoms with Gasteiger partial charge in [0.2, 0.25) is 0 Å². The van der Waals surface area contributed by atoms with Gasteiger partial charge in [-0.25, -0.2) is 4.68 Å². The monoisotopic (exact) mass is 212 g/mol. The number of thiocarbonyl (C=S) groups is 1. The molecule has 0 atom stereocenters. The van der Waals surface area contributed by atoms with E-state index >= 15 is 0 Å². The molecular formula is C6H9KN2S2. The molecule has 0 aromatic carbocycles. The van der Waals surface area contributed by atoms with E-state index in [-0.39, 0.29) is 52.8 Å². The van der Waals surface area contributed by atoms with Gasteiger partial charge in [-0.2, -0.15) is 5.10 Å². The first-order valence-electron chi connectivity index (χ1n) is 2.88. The summed E-state index contributed by atoms with van der Waals surface area (Å²) in [6.07, 6.45) is 0.